The van der Waals surface area contributed by atoms with Gasteiger partial charge in [-0.05, 0) is 49.3 Å². The Balaban J connectivity index is 1.11. The number of allylic oxidation sites excluding steroid dienone is 2. The molecule has 6 heteroatoms. The van der Waals surface area contributed by atoms with Crippen LogP contribution >= 0.6 is 0 Å². The van der Waals surface area contributed by atoms with Gasteiger partial charge in [0.05, 0.1) is 18.4 Å². The second kappa shape index (κ2) is 7.26. The van der Waals surface area contributed by atoms with Gasteiger partial charge >= 0.3 is 0 Å². The predicted octanol–water partition coefficient (Wildman–Crippen LogP) is 2.16. The van der Waals surface area contributed by atoms with Crippen LogP contribution in [-0.2, 0) is 14.4 Å². The molecule has 0 N–H and O–H groups in total. The van der Waals surface area contributed by atoms with E-state index in [0.717, 1.165) is 44.2 Å². The minimum Gasteiger partial charge on any atom is -0.369 e. The van der Waals surface area contributed by atoms with Gasteiger partial charge in [0.1, 0.15) is 0 Å². The van der Waals surface area contributed by atoms with Crippen LogP contribution in [0.1, 0.15) is 17.5 Å². The predicted molar refractivity (Wildman–Crippen MR) is 110 cm³/mol. The molecule has 2 saturated heterocycles. The van der Waals surface area contributed by atoms with Crippen molar-refractivity contribution in [3.8, 4) is 0 Å². The first-order valence-electron chi connectivity index (χ1n) is 10.8. The Morgan fingerprint density at radius 1 is 0.966 bits per heavy atom. The largest absolute Gasteiger partial charge is 0.369 e. The van der Waals surface area contributed by atoms with Crippen LogP contribution in [0.4, 0.5) is 5.69 Å². The number of carbonyl (C=O) groups is 2. The van der Waals surface area contributed by atoms with Gasteiger partial charge in [0.2, 0.25) is 0 Å². The molecule has 2 bridgehead atoms. The highest BCUT2D eigenvalue weighted by atomic mass is 16.7. The number of anilines is 1. The maximum atomic E-state index is 12.7. The van der Waals surface area contributed by atoms with Crippen molar-refractivity contribution in [3.63, 3.8) is 0 Å². The van der Waals surface area contributed by atoms with E-state index in [4.69, 9.17) is 4.84 Å². The van der Waals surface area contributed by atoms with Crippen LogP contribution in [0.2, 0.25) is 0 Å². The quantitative estimate of drug-likeness (QED) is 0.565. The van der Waals surface area contributed by atoms with Gasteiger partial charge in [-0.25, -0.2) is 0 Å². The van der Waals surface area contributed by atoms with E-state index in [9.17, 15) is 9.59 Å². The molecule has 2 aliphatic carbocycles. The number of rotatable bonds is 5. The van der Waals surface area contributed by atoms with E-state index >= 15 is 0 Å². The summed E-state index contributed by atoms with van der Waals surface area (Å²) in [6, 6.07) is 6.48. The summed E-state index contributed by atoms with van der Waals surface area (Å²) in [6.45, 7) is 9.32. The molecule has 2 heterocycles. The lowest BCUT2D eigenvalue weighted by Gasteiger charge is -2.37. The number of benzene rings is 1. The molecule has 3 fully saturated rings. The van der Waals surface area contributed by atoms with Crippen molar-refractivity contribution >= 4 is 17.5 Å². The zero-order valence-corrected chi connectivity index (χ0v) is 17.2. The highest BCUT2D eigenvalue weighted by Gasteiger charge is 2.60. The molecule has 154 valence electrons. The number of imide groups is 1. The molecule has 29 heavy (non-hydrogen) atoms. The fourth-order valence-electron chi connectivity index (χ4n) is 5.55. The van der Waals surface area contributed by atoms with Crippen LogP contribution < -0.4 is 4.90 Å². The second-order valence-corrected chi connectivity index (χ2v) is 8.85. The summed E-state index contributed by atoms with van der Waals surface area (Å²) in [5.74, 6) is -0.160. The van der Waals surface area contributed by atoms with E-state index in [-0.39, 0.29) is 35.5 Å². The molecule has 2 unspecified atom stereocenters. The highest BCUT2D eigenvalue weighted by molar-refractivity contribution is 6.05. The average Bonchev–Trinajstić information content (AvgIpc) is 3.40. The number of amides is 2. The fourth-order valence-corrected chi connectivity index (χ4v) is 5.55. The number of carbonyl (C=O) groups excluding carboxylic acids is 2. The van der Waals surface area contributed by atoms with Gasteiger partial charge in [0, 0.05) is 38.4 Å². The molecule has 2 aliphatic heterocycles. The number of aryl methyl sites for hydroxylation is 1. The van der Waals surface area contributed by atoms with Crippen molar-refractivity contribution < 1.29 is 14.4 Å². The zero-order valence-electron chi connectivity index (χ0n) is 17.2. The Kier molecular flexibility index (Phi) is 4.71. The molecule has 0 spiro atoms. The molecule has 0 radical (unpaired) electrons. The number of nitrogens with zero attached hydrogens (tertiary/aromatic N) is 3. The van der Waals surface area contributed by atoms with Crippen molar-refractivity contribution in [2.45, 2.75) is 20.3 Å². The second-order valence-electron chi connectivity index (χ2n) is 8.85. The van der Waals surface area contributed by atoms with Gasteiger partial charge in [0.15, 0.2) is 0 Å². The molecule has 6 nitrogen and oxygen atoms in total. The molecule has 4 aliphatic rings. The van der Waals surface area contributed by atoms with Crippen LogP contribution in [-0.4, -0.2) is 61.1 Å². The Hall–Kier alpha value is -2.18. The number of fused-ring (bicyclic) bond motifs is 5. The zero-order chi connectivity index (χ0) is 20.1. The summed E-state index contributed by atoms with van der Waals surface area (Å²) in [4.78, 5) is 35.8. The lowest BCUT2D eigenvalue weighted by Crippen LogP contribution is -2.48. The highest BCUT2D eigenvalue weighted by Crippen LogP contribution is 2.52. The smallest absolute Gasteiger partial charge is 0.258 e. The van der Waals surface area contributed by atoms with Crippen molar-refractivity contribution in [1.82, 2.24) is 9.96 Å². The molecule has 2 amide bonds. The normalized spacial score (nSPS) is 31.2. The third-order valence-electron chi connectivity index (χ3n) is 7.35. The van der Waals surface area contributed by atoms with Crippen LogP contribution in [0.5, 0.6) is 0 Å². The van der Waals surface area contributed by atoms with Crippen molar-refractivity contribution in [2.24, 2.45) is 23.7 Å². The number of hydroxylamine groups is 2. The topological polar surface area (TPSA) is 53.1 Å². The molecular weight excluding hydrogens is 366 g/mol. The fraction of sp³-hybridized carbons (Fsp3) is 0.565. The minimum absolute atomic E-state index is 0.128. The Labute approximate surface area is 172 Å². The van der Waals surface area contributed by atoms with Gasteiger partial charge in [-0.2, -0.15) is 5.06 Å². The monoisotopic (exact) mass is 395 g/mol. The van der Waals surface area contributed by atoms with Crippen molar-refractivity contribution in [2.75, 3.05) is 44.2 Å². The minimum atomic E-state index is -0.182. The summed E-state index contributed by atoms with van der Waals surface area (Å²) < 4.78 is 0. The third kappa shape index (κ3) is 3.09. The summed E-state index contributed by atoms with van der Waals surface area (Å²) in [7, 11) is 0. The Bertz CT molecular complexity index is 829. The molecular formula is C23H29N3O3. The van der Waals surface area contributed by atoms with Crippen molar-refractivity contribution in [3.05, 3.63) is 41.5 Å². The standard InChI is InChI=1S/C23H29N3O3/c1-15-4-3-5-19(16(15)2)25-10-8-24(9-11-25)12-13-29-26-22(27)20-17-6-7-18(14-17)21(20)23(26)28/h3-7,17-18,20-21H,8-14H2,1-2H3/t17-,18+,20?,21?. The molecule has 1 aromatic carbocycles. The first-order chi connectivity index (χ1) is 14.0. The van der Waals surface area contributed by atoms with E-state index in [1.165, 1.54) is 16.8 Å². The van der Waals surface area contributed by atoms with E-state index < -0.39 is 0 Å². The lowest BCUT2D eigenvalue weighted by molar-refractivity contribution is -0.191. The average molecular weight is 396 g/mol. The SMILES string of the molecule is Cc1cccc(N2CCN(CCON3C(=O)C4C(C3=O)[C@H]3C=C[C@@H]4C3)CC2)c1C. The van der Waals surface area contributed by atoms with Gasteiger partial charge in [-0.3, -0.25) is 19.3 Å². The van der Waals surface area contributed by atoms with E-state index in [1.807, 2.05) is 0 Å². The third-order valence-corrected chi connectivity index (χ3v) is 7.35. The molecule has 4 atom stereocenters. The van der Waals surface area contributed by atoms with Gasteiger partial charge in [-0.15, -0.1) is 0 Å². The van der Waals surface area contributed by atoms with E-state index in [2.05, 4.69) is 54.0 Å². The Morgan fingerprint density at radius 3 is 2.28 bits per heavy atom. The first kappa shape index (κ1) is 18.8. The molecule has 0 aromatic heterocycles. The summed E-state index contributed by atoms with van der Waals surface area (Å²) in [6.07, 6.45) is 5.16. The van der Waals surface area contributed by atoms with Gasteiger partial charge in [0.25, 0.3) is 11.8 Å². The lowest BCUT2D eigenvalue weighted by atomic mass is 9.85. The molecule has 1 aromatic rings. The summed E-state index contributed by atoms with van der Waals surface area (Å²) in [5.41, 5.74) is 4.00. The summed E-state index contributed by atoms with van der Waals surface area (Å²) >= 11 is 0. The van der Waals surface area contributed by atoms with Crippen LogP contribution in [0.15, 0.2) is 30.4 Å². The molecule has 1 saturated carbocycles. The summed E-state index contributed by atoms with van der Waals surface area (Å²) in [5, 5.41) is 1.08. The maximum Gasteiger partial charge on any atom is 0.258 e. The molecule has 5 rings (SSSR count). The number of piperazine rings is 1. The van der Waals surface area contributed by atoms with Crippen LogP contribution in [0, 0.1) is 37.5 Å². The van der Waals surface area contributed by atoms with Crippen molar-refractivity contribution in [1.29, 1.82) is 0 Å². The maximum absolute atomic E-state index is 12.7. The number of hydrogen-bond acceptors (Lipinski definition) is 5. The number of hydrogen-bond donors (Lipinski definition) is 0. The van der Waals surface area contributed by atoms with Gasteiger partial charge in [-0.1, -0.05) is 24.3 Å². The van der Waals surface area contributed by atoms with Crippen LogP contribution in [0.3, 0.4) is 0 Å². The Morgan fingerprint density at radius 2 is 1.62 bits per heavy atom. The first-order valence-corrected chi connectivity index (χ1v) is 10.8. The van der Waals surface area contributed by atoms with E-state index in [1.54, 1.807) is 0 Å². The van der Waals surface area contributed by atoms with E-state index in [0.29, 0.717) is 6.61 Å². The van der Waals surface area contributed by atoms with Crippen LogP contribution in [0.25, 0.3) is 0 Å². The van der Waals surface area contributed by atoms with Gasteiger partial charge < -0.3 is 4.90 Å².